The molecule has 90 valence electrons. The third kappa shape index (κ3) is 2.35. The average Bonchev–Trinajstić information content (AvgIpc) is 2.89. The third-order valence-electron chi connectivity index (χ3n) is 2.49. The fraction of sp³-hybridized carbons (Fsp3) is 0.364. The number of aryl methyl sites for hydroxylation is 1. The molecule has 0 amide bonds. The molecule has 6 nitrogen and oxygen atoms in total. The van der Waals surface area contributed by atoms with E-state index in [1.807, 2.05) is 0 Å². The van der Waals surface area contributed by atoms with Gasteiger partial charge in [-0.05, 0) is 18.6 Å². The van der Waals surface area contributed by atoms with Crippen LogP contribution in [0.4, 0.5) is 0 Å². The second-order valence-corrected chi connectivity index (χ2v) is 3.73. The predicted molar refractivity (Wildman–Crippen MR) is 60.8 cm³/mol. The maximum atomic E-state index is 11.0. The Balaban J connectivity index is 2.22. The topological polar surface area (TPSA) is 72.9 Å². The summed E-state index contributed by atoms with van der Waals surface area (Å²) in [6, 6.07) is 3.28. The first kappa shape index (κ1) is 11.4. The zero-order valence-corrected chi connectivity index (χ0v) is 9.58. The van der Waals surface area contributed by atoms with Gasteiger partial charge in [0.1, 0.15) is 17.8 Å². The molecule has 2 heterocycles. The van der Waals surface area contributed by atoms with Gasteiger partial charge in [0.05, 0.1) is 6.54 Å². The monoisotopic (exact) mass is 234 g/mol. The average molecular weight is 234 g/mol. The lowest BCUT2D eigenvalue weighted by atomic mass is 10.4. The first-order valence-corrected chi connectivity index (χ1v) is 5.47. The van der Waals surface area contributed by atoms with Crippen LogP contribution >= 0.6 is 0 Å². The number of hydrogen-bond acceptors (Lipinski definition) is 3. The van der Waals surface area contributed by atoms with Gasteiger partial charge in [-0.15, -0.1) is 0 Å². The summed E-state index contributed by atoms with van der Waals surface area (Å²) in [5, 5.41) is 13.1. The van der Waals surface area contributed by atoms with E-state index in [1.54, 1.807) is 27.6 Å². The van der Waals surface area contributed by atoms with Crippen molar-refractivity contribution in [3.05, 3.63) is 36.2 Å². The van der Waals surface area contributed by atoms with Gasteiger partial charge in [-0.2, -0.15) is 5.10 Å². The number of rotatable bonds is 5. The molecule has 0 aromatic carbocycles. The lowest BCUT2D eigenvalue weighted by Crippen LogP contribution is -2.13. The van der Waals surface area contributed by atoms with Gasteiger partial charge in [0.15, 0.2) is 0 Å². The summed E-state index contributed by atoms with van der Waals surface area (Å²) in [7, 11) is 0. The van der Waals surface area contributed by atoms with Crippen LogP contribution in [-0.2, 0) is 13.1 Å². The Morgan fingerprint density at radius 3 is 3.06 bits per heavy atom. The molecular weight excluding hydrogens is 220 g/mol. The highest BCUT2D eigenvalue weighted by molar-refractivity contribution is 5.85. The van der Waals surface area contributed by atoms with Gasteiger partial charge in [-0.3, -0.25) is 0 Å². The van der Waals surface area contributed by atoms with Crippen molar-refractivity contribution in [3.63, 3.8) is 0 Å². The molecule has 6 heteroatoms. The summed E-state index contributed by atoms with van der Waals surface area (Å²) in [5.41, 5.74) is 0.260. The van der Waals surface area contributed by atoms with E-state index in [2.05, 4.69) is 17.0 Å². The minimum Gasteiger partial charge on any atom is -0.477 e. The molecule has 0 saturated heterocycles. The molecule has 2 aromatic rings. The summed E-state index contributed by atoms with van der Waals surface area (Å²) in [4.78, 5) is 15.1. The summed E-state index contributed by atoms with van der Waals surface area (Å²) >= 11 is 0. The van der Waals surface area contributed by atoms with Gasteiger partial charge in [0, 0.05) is 12.7 Å². The maximum Gasteiger partial charge on any atom is 0.352 e. The van der Waals surface area contributed by atoms with Gasteiger partial charge in [0.25, 0.3) is 0 Å². The zero-order valence-electron chi connectivity index (χ0n) is 9.58. The van der Waals surface area contributed by atoms with E-state index in [0.717, 1.165) is 18.8 Å². The Kier molecular flexibility index (Phi) is 3.22. The minimum atomic E-state index is -0.934. The quantitative estimate of drug-likeness (QED) is 0.844. The van der Waals surface area contributed by atoms with E-state index in [4.69, 9.17) is 5.11 Å². The van der Waals surface area contributed by atoms with Crippen LogP contribution in [0, 0.1) is 0 Å². The lowest BCUT2D eigenvalue weighted by Gasteiger charge is -2.07. The van der Waals surface area contributed by atoms with E-state index in [9.17, 15) is 4.79 Å². The number of nitrogens with zero attached hydrogens (tertiary/aromatic N) is 4. The Bertz CT molecular complexity index is 515. The van der Waals surface area contributed by atoms with Crippen LogP contribution in [-0.4, -0.2) is 30.4 Å². The van der Waals surface area contributed by atoms with Crippen LogP contribution in [0.1, 0.15) is 29.7 Å². The molecule has 0 unspecified atom stereocenters. The summed E-state index contributed by atoms with van der Waals surface area (Å²) in [5.74, 6) is -0.165. The van der Waals surface area contributed by atoms with Gasteiger partial charge in [-0.25, -0.2) is 14.5 Å². The first-order valence-electron chi connectivity index (χ1n) is 5.47. The molecule has 1 N–H and O–H groups in total. The first-order chi connectivity index (χ1) is 8.22. The van der Waals surface area contributed by atoms with Gasteiger partial charge >= 0.3 is 5.97 Å². The highest BCUT2D eigenvalue weighted by atomic mass is 16.4. The molecular formula is C11H14N4O2. The van der Waals surface area contributed by atoms with Crippen molar-refractivity contribution in [3.8, 4) is 0 Å². The van der Waals surface area contributed by atoms with Crippen molar-refractivity contribution in [2.45, 2.75) is 26.4 Å². The molecule has 0 fully saturated rings. The fourth-order valence-electron chi connectivity index (χ4n) is 1.71. The summed E-state index contributed by atoms with van der Waals surface area (Å²) in [6.45, 7) is 3.28. The normalized spacial score (nSPS) is 10.6. The van der Waals surface area contributed by atoms with Crippen molar-refractivity contribution in [1.82, 2.24) is 19.3 Å². The molecule has 2 aromatic heterocycles. The van der Waals surface area contributed by atoms with E-state index >= 15 is 0 Å². The zero-order chi connectivity index (χ0) is 12.3. The van der Waals surface area contributed by atoms with Crippen LogP contribution < -0.4 is 0 Å². The van der Waals surface area contributed by atoms with Gasteiger partial charge < -0.3 is 9.67 Å². The molecule has 0 radical (unpaired) electrons. The Morgan fingerprint density at radius 1 is 1.53 bits per heavy atom. The van der Waals surface area contributed by atoms with Crippen LogP contribution in [0.2, 0.25) is 0 Å². The summed E-state index contributed by atoms with van der Waals surface area (Å²) in [6.07, 6.45) is 4.19. The molecule has 0 aliphatic rings. The highest BCUT2D eigenvalue weighted by Crippen LogP contribution is 2.06. The smallest absolute Gasteiger partial charge is 0.352 e. The van der Waals surface area contributed by atoms with E-state index in [-0.39, 0.29) is 5.69 Å². The molecule has 0 saturated carbocycles. The molecule has 0 aliphatic carbocycles. The largest absolute Gasteiger partial charge is 0.477 e. The number of carbonyl (C=O) groups is 1. The Hall–Kier alpha value is -2.11. The number of aromatic carboxylic acids is 1. The number of carboxylic acids is 1. The maximum absolute atomic E-state index is 11.0. The Morgan fingerprint density at radius 2 is 2.35 bits per heavy atom. The number of aromatic nitrogens is 4. The highest BCUT2D eigenvalue weighted by Gasteiger charge is 2.11. The summed E-state index contributed by atoms with van der Waals surface area (Å²) < 4.78 is 3.45. The minimum absolute atomic E-state index is 0.260. The van der Waals surface area contributed by atoms with Gasteiger partial charge in [0.2, 0.25) is 0 Å². The van der Waals surface area contributed by atoms with E-state index in [1.165, 1.54) is 6.33 Å². The van der Waals surface area contributed by atoms with E-state index in [0.29, 0.717) is 6.54 Å². The predicted octanol–water partition coefficient (Wildman–Crippen LogP) is 1.24. The van der Waals surface area contributed by atoms with Crippen LogP contribution in [0.25, 0.3) is 0 Å². The number of carboxylic acid groups (broad SMARTS) is 1. The SMILES string of the molecule is CCCn1ncnc1Cn1cccc1C(=O)O. The third-order valence-corrected chi connectivity index (χ3v) is 2.49. The van der Waals surface area contributed by atoms with Crippen LogP contribution in [0.5, 0.6) is 0 Å². The second kappa shape index (κ2) is 4.82. The van der Waals surface area contributed by atoms with Crippen LogP contribution in [0.3, 0.4) is 0 Å². The van der Waals surface area contributed by atoms with E-state index < -0.39 is 5.97 Å². The Labute approximate surface area is 98.5 Å². The molecule has 0 spiro atoms. The number of hydrogen-bond donors (Lipinski definition) is 1. The van der Waals surface area contributed by atoms with Crippen LogP contribution in [0.15, 0.2) is 24.7 Å². The molecule has 0 atom stereocenters. The van der Waals surface area contributed by atoms with Crippen molar-refractivity contribution in [1.29, 1.82) is 0 Å². The van der Waals surface area contributed by atoms with Crippen molar-refractivity contribution in [2.75, 3.05) is 0 Å². The van der Waals surface area contributed by atoms with Gasteiger partial charge in [-0.1, -0.05) is 6.92 Å². The van der Waals surface area contributed by atoms with Crippen molar-refractivity contribution < 1.29 is 9.90 Å². The molecule has 0 bridgehead atoms. The molecule has 0 aliphatic heterocycles. The molecule has 17 heavy (non-hydrogen) atoms. The second-order valence-electron chi connectivity index (χ2n) is 3.73. The van der Waals surface area contributed by atoms with Crippen molar-refractivity contribution in [2.24, 2.45) is 0 Å². The lowest BCUT2D eigenvalue weighted by molar-refractivity contribution is 0.0685. The molecule has 2 rings (SSSR count). The standard InChI is InChI=1S/C11H14N4O2/c1-2-5-15-10(12-8-13-15)7-14-6-3-4-9(14)11(16)17/h3-4,6,8H,2,5,7H2,1H3,(H,16,17). The van der Waals surface area contributed by atoms with Crippen molar-refractivity contribution >= 4 is 5.97 Å². The fourth-order valence-corrected chi connectivity index (χ4v) is 1.71.